The quantitative estimate of drug-likeness (QED) is 0.651. The molecule has 88 valence electrons. The van der Waals surface area contributed by atoms with Gasteiger partial charge in [-0.1, -0.05) is 33.1 Å². The van der Waals surface area contributed by atoms with Crippen LogP contribution in [0.5, 0.6) is 0 Å². The van der Waals surface area contributed by atoms with Crippen LogP contribution in [-0.2, 0) is 8.85 Å². The van der Waals surface area contributed by atoms with Crippen LogP contribution in [0.25, 0.3) is 0 Å². The average Bonchev–Trinajstić information content (AvgIpc) is 2.24. The Morgan fingerprint density at radius 2 is 2.00 bits per heavy atom. The summed E-state index contributed by atoms with van der Waals surface area (Å²) in [6.07, 6.45) is 9.37. The van der Waals surface area contributed by atoms with Gasteiger partial charge in [-0.05, 0) is 25.8 Å². The molecule has 1 unspecified atom stereocenters. The van der Waals surface area contributed by atoms with Crippen LogP contribution < -0.4 is 0 Å². The molecule has 0 saturated carbocycles. The number of unbranched alkanes of at least 4 members (excludes halogenated alkanes) is 2. The second-order valence-corrected chi connectivity index (χ2v) is 5.35. The van der Waals surface area contributed by atoms with E-state index in [9.17, 15) is 0 Å². The standard InChI is InChI=1S/C12H24O2Si/c1-4-6-8-11-10-12(3,9-7-5-2)14-15-13-11/h10H,4-9,15H2,1-3H3. The minimum Gasteiger partial charge on any atom is -0.528 e. The summed E-state index contributed by atoms with van der Waals surface area (Å²) in [7, 11) is -0.767. The second-order valence-electron chi connectivity index (χ2n) is 4.54. The molecule has 0 radical (unpaired) electrons. The Hall–Kier alpha value is -0.283. The molecule has 0 N–H and O–H groups in total. The van der Waals surface area contributed by atoms with Gasteiger partial charge in [-0.2, -0.15) is 0 Å². The zero-order chi connectivity index (χ0) is 11.1. The summed E-state index contributed by atoms with van der Waals surface area (Å²) in [5, 5.41) is 0. The van der Waals surface area contributed by atoms with Crippen molar-refractivity contribution >= 4 is 10.0 Å². The third-order valence-electron chi connectivity index (χ3n) is 2.90. The molecule has 1 aliphatic rings. The molecule has 0 spiro atoms. The second kappa shape index (κ2) is 6.33. The van der Waals surface area contributed by atoms with Gasteiger partial charge in [0, 0.05) is 6.42 Å². The Morgan fingerprint density at radius 3 is 2.67 bits per heavy atom. The lowest BCUT2D eigenvalue weighted by atomic mass is 9.97. The molecule has 0 aromatic heterocycles. The number of allylic oxidation sites excluding steroid dienone is 1. The van der Waals surface area contributed by atoms with Gasteiger partial charge in [0.05, 0.1) is 11.4 Å². The number of hydrogen-bond acceptors (Lipinski definition) is 2. The van der Waals surface area contributed by atoms with Gasteiger partial charge in [0.2, 0.25) is 0 Å². The fourth-order valence-electron chi connectivity index (χ4n) is 1.83. The Bertz CT molecular complexity index is 216. The molecule has 0 bridgehead atoms. The van der Waals surface area contributed by atoms with E-state index in [1.807, 2.05) is 0 Å². The lowest BCUT2D eigenvalue weighted by Gasteiger charge is -2.32. The maximum absolute atomic E-state index is 5.82. The van der Waals surface area contributed by atoms with Gasteiger partial charge in [0.15, 0.2) is 0 Å². The Kier molecular flexibility index (Phi) is 5.40. The summed E-state index contributed by atoms with van der Waals surface area (Å²) >= 11 is 0. The van der Waals surface area contributed by atoms with E-state index in [1.54, 1.807) is 0 Å². The predicted octanol–water partition coefficient (Wildman–Crippen LogP) is 3.06. The SMILES string of the molecule is CCCCC1=CC(C)(CCCC)O[SiH2]O1. The van der Waals surface area contributed by atoms with Crippen molar-refractivity contribution in [3.8, 4) is 0 Å². The highest BCUT2D eigenvalue weighted by Gasteiger charge is 2.26. The normalized spacial score (nSPS) is 27.5. The molecule has 3 heteroatoms. The molecule has 0 aromatic rings. The van der Waals surface area contributed by atoms with Gasteiger partial charge >= 0.3 is 10.0 Å². The van der Waals surface area contributed by atoms with Gasteiger partial charge in [0.1, 0.15) is 0 Å². The first kappa shape index (κ1) is 12.8. The number of hydrogen-bond donors (Lipinski definition) is 0. The summed E-state index contributed by atoms with van der Waals surface area (Å²) in [4.78, 5) is 0. The van der Waals surface area contributed by atoms with E-state index in [-0.39, 0.29) is 5.60 Å². The third-order valence-corrected chi connectivity index (χ3v) is 4.17. The van der Waals surface area contributed by atoms with Crippen LogP contribution in [0.15, 0.2) is 11.8 Å². The Morgan fingerprint density at radius 1 is 1.27 bits per heavy atom. The van der Waals surface area contributed by atoms with Crippen LogP contribution in [0.3, 0.4) is 0 Å². The smallest absolute Gasteiger partial charge is 0.366 e. The zero-order valence-corrected chi connectivity index (χ0v) is 11.8. The summed E-state index contributed by atoms with van der Waals surface area (Å²) < 4.78 is 11.5. The van der Waals surface area contributed by atoms with Crippen molar-refractivity contribution in [1.29, 1.82) is 0 Å². The summed E-state index contributed by atoms with van der Waals surface area (Å²) in [6.45, 7) is 6.64. The van der Waals surface area contributed by atoms with E-state index >= 15 is 0 Å². The summed E-state index contributed by atoms with van der Waals surface area (Å²) in [6, 6.07) is 0. The molecule has 1 atom stereocenters. The van der Waals surface area contributed by atoms with Crippen molar-refractivity contribution in [3.05, 3.63) is 11.8 Å². The molecule has 0 saturated heterocycles. The monoisotopic (exact) mass is 228 g/mol. The van der Waals surface area contributed by atoms with Gasteiger partial charge < -0.3 is 8.85 Å². The zero-order valence-electron chi connectivity index (χ0n) is 10.3. The molecule has 2 nitrogen and oxygen atoms in total. The fourth-order valence-corrected chi connectivity index (χ4v) is 2.77. The summed E-state index contributed by atoms with van der Waals surface area (Å²) in [5.74, 6) is 1.19. The molecule has 1 heterocycles. The highest BCUT2D eigenvalue weighted by atomic mass is 28.3. The molecule has 1 rings (SSSR count). The molecule has 15 heavy (non-hydrogen) atoms. The molecular weight excluding hydrogens is 204 g/mol. The highest BCUT2D eigenvalue weighted by Crippen LogP contribution is 2.27. The largest absolute Gasteiger partial charge is 0.528 e. The maximum Gasteiger partial charge on any atom is 0.366 e. The molecule has 0 fully saturated rings. The third kappa shape index (κ3) is 4.39. The highest BCUT2D eigenvalue weighted by molar-refractivity contribution is 6.19. The molecule has 0 aliphatic carbocycles. The van der Waals surface area contributed by atoms with Crippen molar-refractivity contribution in [1.82, 2.24) is 0 Å². The minimum atomic E-state index is -0.767. The molecule has 0 amide bonds. The van der Waals surface area contributed by atoms with Crippen molar-refractivity contribution < 1.29 is 8.85 Å². The van der Waals surface area contributed by atoms with Crippen LogP contribution in [0.1, 0.15) is 59.3 Å². The first-order valence-corrected chi connectivity index (χ1v) is 7.34. The van der Waals surface area contributed by atoms with E-state index < -0.39 is 10.0 Å². The molecule has 0 aromatic carbocycles. The van der Waals surface area contributed by atoms with Crippen molar-refractivity contribution in [2.45, 2.75) is 64.9 Å². The first-order valence-electron chi connectivity index (χ1n) is 6.18. The van der Waals surface area contributed by atoms with E-state index in [0.717, 1.165) is 12.8 Å². The van der Waals surface area contributed by atoms with Gasteiger partial charge in [-0.15, -0.1) is 0 Å². The summed E-state index contributed by atoms with van der Waals surface area (Å²) in [5.41, 5.74) is -0.0242. The molecular formula is C12H24O2Si. The lowest BCUT2D eigenvalue weighted by molar-refractivity contribution is 0.0832. The average molecular weight is 228 g/mol. The molecule has 1 aliphatic heterocycles. The van der Waals surface area contributed by atoms with Crippen molar-refractivity contribution in [2.24, 2.45) is 0 Å². The maximum atomic E-state index is 5.82. The lowest BCUT2D eigenvalue weighted by Crippen LogP contribution is -2.33. The predicted molar refractivity (Wildman–Crippen MR) is 66.3 cm³/mol. The van der Waals surface area contributed by atoms with Gasteiger partial charge in [-0.25, -0.2) is 0 Å². The van der Waals surface area contributed by atoms with E-state index in [1.165, 1.54) is 31.4 Å². The van der Waals surface area contributed by atoms with E-state index in [2.05, 4.69) is 26.8 Å². The Labute approximate surface area is 96.1 Å². The van der Waals surface area contributed by atoms with Crippen LogP contribution in [0, 0.1) is 0 Å². The van der Waals surface area contributed by atoms with E-state index in [4.69, 9.17) is 8.85 Å². The fraction of sp³-hybridized carbons (Fsp3) is 0.833. The van der Waals surface area contributed by atoms with Gasteiger partial charge in [0.25, 0.3) is 0 Å². The Balaban J connectivity index is 2.50. The van der Waals surface area contributed by atoms with Crippen LogP contribution in [-0.4, -0.2) is 15.6 Å². The first-order chi connectivity index (χ1) is 7.20. The minimum absolute atomic E-state index is 0.0242. The van der Waals surface area contributed by atoms with Crippen LogP contribution >= 0.6 is 0 Å². The van der Waals surface area contributed by atoms with Crippen molar-refractivity contribution in [2.75, 3.05) is 0 Å². The number of rotatable bonds is 6. The van der Waals surface area contributed by atoms with Crippen LogP contribution in [0.2, 0.25) is 0 Å². The van der Waals surface area contributed by atoms with E-state index in [0.29, 0.717) is 0 Å². The topological polar surface area (TPSA) is 18.5 Å². The van der Waals surface area contributed by atoms with Gasteiger partial charge in [-0.3, -0.25) is 0 Å². The van der Waals surface area contributed by atoms with Crippen molar-refractivity contribution in [3.63, 3.8) is 0 Å². The van der Waals surface area contributed by atoms with Crippen LogP contribution in [0.4, 0.5) is 0 Å².